The van der Waals surface area contributed by atoms with Crippen molar-refractivity contribution >= 4 is 67.8 Å². The van der Waals surface area contributed by atoms with Crippen molar-refractivity contribution in [2.24, 2.45) is 0 Å². The molecule has 4 aromatic carbocycles. The number of esters is 2. The molecule has 4 N–H and O–H groups in total. The summed E-state index contributed by atoms with van der Waals surface area (Å²) in [4.78, 5) is 44.1. The summed E-state index contributed by atoms with van der Waals surface area (Å²) in [7, 11) is -4.97. The highest BCUT2D eigenvalue weighted by Crippen LogP contribution is 2.43. The van der Waals surface area contributed by atoms with Crippen molar-refractivity contribution in [2.75, 3.05) is 25.2 Å². The molecule has 0 amide bonds. The fraction of sp³-hybridized carbons (Fsp3) is 0.438. The maximum Gasteiger partial charge on any atom is 0.356 e. The van der Waals surface area contributed by atoms with Crippen LogP contribution in [0.2, 0.25) is 0 Å². The largest absolute Gasteiger partial charge is 0.462 e. The van der Waals surface area contributed by atoms with Crippen LogP contribution in [0.25, 0.3) is 32.3 Å². The van der Waals surface area contributed by atoms with E-state index in [2.05, 4.69) is 64.5 Å². The van der Waals surface area contributed by atoms with Gasteiger partial charge in [0.25, 0.3) is 0 Å². The summed E-state index contributed by atoms with van der Waals surface area (Å²) in [6.45, 7) is -1.90. The molecule has 0 radical (unpaired) electrons. The standard InChI is InChI=1S/C32H38BrO10P/c33-17-3-1-2-9-29(37)43-25(20-42-32(27(35)18-34)44(38,39)40)19-41-28(36)10-5-6-21-11-12-24-14-13-22-7-4-8-23-15-16-26(21)31(24)30(22)23/h4,7-8,11-16,25,27,32,34-35H,1-3,5-6,9-10,17-20H2,(H2,38,39,40)/t25-,27?,32?/m1/s1. The van der Waals surface area contributed by atoms with Crippen molar-refractivity contribution in [3.05, 3.63) is 60.2 Å². The van der Waals surface area contributed by atoms with E-state index in [1.54, 1.807) is 0 Å². The Morgan fingerprint density at radius 3 is 2.16 bits per heavy atom. The Kier molecular flexibility index (Phi) is 12.5. The second kappa shape index (κ2) is 16.1. The molecule has 238 valence electrons. The highest BCUT2D eigenvalue weighted by atomic mass is 79.9. The summed E-state index contributed by atoms with van der Waals surface area (Å²) in [6.07, 6.45) is 0.597. The van der Waals surface area contributed by atoms with Gasteiger partial charge in [0.1, 0.15) is 12.7 Å². The number of rotatable bonds is 18. The number of hydrogen-bond acceptors (Lipinski definition) is 8. The SMILES string of the molecule is O=C(CCCc1ccc2ccc3cccc4ccc1c2c34)OC[C@H](COC(C(O)CO)P(=O)(O)O)OC(=O)CCCCCBr. The van der Waals surface area contributed by atoms with Crippen LogP contribution in [0.1, 0.15) is 44.1 Å². The molecule has 4 aromatic rings. The van der Waals surface area contributed by atoms with E-state index in [1.165, 1.54) is 21.5 Å². The van der Waals surface area contributed by atoms with E-state index in [1.807, 2.05) is 6.07 Å². The number of benzene rings is 4. The highest BCUT2D eigenvalue weighted by molar-refractivity contribution is 9.09. The molecule has 0 saturated carbocycles. The summed E-state index contributed by atoms with van der Waals surface area (Å²) >= 11 is 3.33. The molecule has 0 aliphatic heterocycles. The molecule has 2 unspecified atom stereocenters. The van der Waals surface area contributed by atoms with E-state index in [9.17, 15) is 29.0 Å². The van der Waals surface area contributed by atoms with Crippen LogP contribution in [0.15, 0.2) is 54.6 Å². The van der Waals surface area contributed by atoms with Gasteiger partial charge in [-0.05, 0) is 63.6 Å². The van der Waals surface area contributed by atoms with Gasteiger partial charge < -0.3 is 34.2 Å². The van der Waals surface area contributed by atoms with Crippen LogP contribution in [0, 0.1) is 0 Å². The van der Waals surface area contributed by atoms with Crippen LogP contribution in [0.3, 0.4) is 0 Å². The van der Waals surface area contributed by atoms with Crippen LogP contribution in [0.5, 0.6) is 0 Å². The van der Waals surface area contributed by atoms with Crippen LogP contribution >= 0.6 is 23.5 Å². The van der Waals surface area contributed by atoms with Gasteiger partial charge in [0, 0.05) is 18.2 Å². The number of carbonyl (C=O) groups is 2. The van der Waals surface area contributed by atoms with Gasteiger partial charge in [-0.25, -0.2) is 0 Å². The number of unbranched alkanes of at least 4 members (excludes halogenated alkanes) is 2. The maximum absolute atomic E-state index is 12.7. The van der Waals surface area contributed by atoms with Gasteiger partial charge in [0.05, 0.1) is 13.2 Å². The average Bonchev–Trinajstić information content (AvgIpc) is 3.00. The quantitative estimate of drug-likeness (QED) is 0.0359. The summed E-state index contributed by atoms with van der Waals surface area (Å²) in [6, 6.07) is 18.9. The molecule has 0 saturated heterocycles. The monoisotopic (exact) mass is 692 g/mol. The van der Waals surface area contributed by atoms with Gasteiger partial charge in [0.15, 0.2) is 11.9 Å². The number of carbonyl (C=O) groups excluding carboxylic acids is 2. The van der Waals surface area contributed by atoms with Gasteiger partial charge in [-0.15, -0.1) is 0 Å². The molecule has 44 heavy (non-hydrogen) atoms. The molecule has 4 rings (SSSR count). The number of aliphatic hydroxyl groups excluding tert-OH is 2. The third-order valence-corrected chi connectivity index (χ3v) is 9.21. The Hall–Kier alpha value is -2.63. The number of alkyl halides is 1. The molecule has 0 spiro atoms. The molecular weight excluding hydrogens is 655 g/mol. The zero-order chi connectivity index (χ0) is 31.7. The first-order chi connectivity index (χ1) is 21.1. The number of halogens is 1. The van der Waals surface area contributed by atoms with Gasteiger partial charge in [-0.3, -0.25) is 14.2 Å². The molecule has 0 aliphatic rings. The third-order valence-electron chi connectivity index (χ3n) is 7.49. The smallest absolute Gasteiger partial charge is 0.356 e. The lowest BCUT2D eigenvalue weighted by Crippen LogP contribution is -2.37. The molecule has 0 fully saturated rings. The van der Waals surface area contributed by atoms with E-state index in [4.69, 9.17) is 19.3 Å². The summed E-state index contributed by atoms with van der Waals surface area (Å²) in [5.74, 6) is -3.13. The first-order valence-corrected chi connectivity index (χ1v) is 17.4. The number of ether oxygens (including phenoxy) is 3. The molecule has 10 nitrogen and oxygen atoms in total. The normalized spacial score (nSPS) is 14.2. The number of aryl methyl sites for hydroxylation is 1. The molecule has 0 bridgehead atoms. The summed E-state index contributed by atoms with van der Waals surface area (Å²) in [5, 5.41) is 26.9. The Bertz CT molecular complexity index is 1570. The number of hydrogen-bond donors (Lipinski definition) is 4. The van der Waals surface area contributed by atoms with Gasteiger partial charge in [0.2, 0.25) is 0 Å². The van der Waals surface area contributed by atoms with E-state index in [-0.39, 0.29) is 12.8 Å². The molecule has 3 atom stereocenters. The molecule has 12 heteroatoms. The van der Waals surface area contributed by atoms with Gasteiger partial charge in [-0.2, -0.15) is 0 Å². The summed E-state index contributed by atoms with van der Waals surface area (Å²) < 4.78 is 27.7. The lowest BCUT2D eigenvalue weighted by atomic mass is 9.90. The van der Waals surface area contributed by atoms with Crippen LogP contribution < -0.4 is 0 Å². The second-order valence-corrected chi connectivity index (χ2v) is 13.3. The lowest BCUT2D eigenvalue weighted by Gasteiger charge is -2.25. The average molecular weight is 694 g/mol. The van der Waals surface area contributed by atoms with Crippen LogP contribution in [-0.4, -0.2) is 75.1 Å². The van der Waals surface area contributed by atoms with Crippen molar-refractivity contribution in [3.63, 3.8) is 0 Å². The fourth-order valence-corrected chi connectivity index (χ4v) is 6.54. The minimum absolute atomic E-state index is 0.102. The third kappa shape index (κ3) is 8.97. The molecule has 0 aromatic heterocycles. The summed E-state index contributed by atoms with van der Waals surface area (Å²) in [5.41, 5.74) is 1.12. The van der Waals surface area contributed by atoms with E-state index < -0.39 is 57.4 Å². The minimum atomic E-state index is -4.97. The van der Waals surface area contributed by atoms with Crippen molar-refractivity contribution < 1.29 is 48.4 Å². The van der Waals surface area contributed by atoms with E-state index in [0.717, 1.165) is 34.5 Å². The zero-order valence-corrected chi connectivity index (χ0v) is 26.8. The Morgan fingerprint density at radius 2 is 1.48 bits per heavy atom. The molecule has 0 heterocycles. The predicted octanol–water partition coefficient (Wildman–Crippen LogP) is 5.19. The van der Waals surface area contributed by atoms with E-state index in [0.29, 0.717) is 19.3 Å². The van der Waals surface area contributed by atoms with Crippen molar-refractivity contribution in [2.45, 2.75) is 63.0 Å². The fourth-order valence-electron chi connectivity index (χ4n) is 5.32. The maximum atomic E-state index is 12.7. The number of aliphatic hydroxyl groups is 2. The zero-order valence-electron chi connectivity index (χ0n) is 24.3. The van der Waals surface area contributed by atoms with Gasteiger partial charge in [-0.1, -0.05) is 76.9 Å². The first-order valence-electron chi connectivity index (χ1n) is 14.6. The topological polar surface area (TPSA) is 160 Å². The van der Waals surface area contributed by atoms with E-state index >= 15 is 0 Å². The molecular formula is C32H38BrO10P. The highest BCUT2D eigenvalue weighted by Gasteiger charge is 2.37. The predicted molar refractivity (Wildman–Crippen MR) is 171 cm³/mol. The van der Waals surface area contributed by atoms with Crippen LogP contribution in [0.4, 0.5) is 0 Å². The van der Waals surface area contributed by atoms with Crippen molar-refractivity contribution in [1.82, 2.24) is 0 Å². The second-order valence-electron chi connectivity index (χ2n) is 10.8. The van der Waals surface area contributed by atoms with Gasteiger partial charge >= 0.3 is 19.5 Å². The molecule has 0 aliphatic carbocycles. The van der Waals surface area contributed by atoms with Crippen LogP contribution in [-0.2, 0) is 34.8 Å². The Balaban J connectivity index is 1.35. The minimum Gasteiger partial charge on any atom is -0.462 e. The lowest BCUT2D eigenvalue weighted by molar-refractivity contribution is -0.164. The van der Waals surface area contributed by atoms with Crippen molar-refractivity contribution in [3.8, 4) is 0 Å². The Labute approximate surface area is 263 Å². The first kappa shape index (κ1) is 34.2. The Morgan fingerprint density at radius 1 is 0.818 bits per heavy atom. The van der Waals surface area contributed by atoms with Crippen molar-refractivity contribution in [1.29, 1.82) is 0 Å².